The maximum atomic E-state index is 6.04. The van der Waals surface area contributed by atoms with Crippen molar-refractivity contribution in [2.24, 2.45) is 0 Å². The van der Waals surface area contributed by atoms with Gasteiger partial charge in [-0.25, -0.2) is 0 Å². The van der Waals surface area contributed by atoms with Crippen molar-refractivity contribution in [3.8, 4) is 0 Å². The first-order valence-electron chi connectivity index (χ1n) is 6.20. The van der Waals surface area contributed by atoms with E-state index in [1.54, 1.807) is 0 Å². The van der Waals surface area contributed by atoms with Crippen molar-refractivity contribution in [2.45, 2.75) is 31.8 Å². The summed E-state index contributed by atoms with van der Waals surface area (Å²) in [6, 6.07) is 10.7. The molecule has 1 saturated carbocycles. The van der Waals surface area contributed by atoms with E-state index in [1.165, 1.54) is 19.3 Å². The predicted molar refractivity (Wildman–Crippen MR) is 70.6 cm³/mol. The number of aromatic nitrogens is 1. The number of nitrogens with one attached hydrogen (secondary N) is 1. The molecule has 0 radical (unpaired) electrons. The van der Waals surface area contributed by atoms with Gasteiger partial charge in [0, 0.05) is 23.7 Å². The second-order valence-electron chi connectivity index (χ2n) is 4.73. The first kappa shape index (κ1) is 10.5. The first-order valence-corrected chi connectivity index (χ1v) is 6.20. The van der Waals surface area contributed by atoms with Gasteiger partial charge in [0.05, 0.1) is 11.2 Å². The Balaban J connectivity index is 1.84. The number of hydrogen-bond acceptors (Lipinski definition) is 3. The van der Waals surface area contributed by atoms with Crippen LogP contribution < -0.4 is 11.1 Å². The molecular formula is C14H17N3. The minimum absolute atomic E-state index is 0.685. The summed E-state index contributed by atoms with van der Waals surface area (Å²) in [5, 5.41) is 4.55. The molecule has 1 heterocycles. The number of hydrogen-bond donors (Lipinski definition) is 2. The van der Waals surface area contributed by atoms with Crippen molar-refractivity contribution < 1.29 is 0 Å². The second kappa shape index (κ2) is 4.34. The topological polar surface area (TPSA) is 50.9 Å². The maximum Gasteiger partial charge on any atom is 0.0726 e. The van der Waals surface area contributed by atoms with Crippen LogP contribution in [0.25, 0.3) is 10.9 Å². The van der Waals surface area contributed by atoms with E-state index in [0.717, 1.165) is 28.8 Å². The van der Waals surface area contributed by atoms with Gasteiger partial charge in [-0.1, -0.05) is 24.6 Å². The van der Waals surface area contributed by atoms with Crippen LogP contribution in [0.2, 0.25) is 0 Å². The van der Waals surface area contributed by atoms with E-state index in [4.69, 9.17) is 5.73 Å². The lowest BCUT2D eigenvalue weighted by Gasteiger charge is -2.26. The minimum Gasteiger partial charge on any atom is -0.398 e. The Hall–Kier alpha value is -1.61. The summed E-state index contributed by atoms with van der Waals surface area (Å²) in [5.74, 6) is 0. The predicted octanol–water partition coefficient (Wildman–Crippen LogP) is 2.46. The number of para-hydroxylation sites is 1. The van der Waals surface area contributed by atoms with E-state index >= 15 is 0 Å². The molecule has 1 aromatic heterocycles. The number of benzene rings is 1. The molecule has 3 nitrogen and oxygen atoms in total. The van der Waals surface area contributed by atoms with Gasteiger partial charge in [0.1, 0.15) is 0 Å². The van der Waals surface area contributed by atoms with Gasteiger partial charge in [0.2, 0.25) is 0 Å². The molecule has 88 valence electrons. The molecule has 0 aliphatic heterocycles. The smallest absolute Gasteiger partial charge is 0.0726 e. The average molecular weight is 227 g/mol. The maximum absolute atomic E-state index is 6.04. The zero-order valence-electron chi connectivity index (χ0n) is 9.82. The van der Waals surface area contributed by atoms with Crippen LogP contribution in [0.1, 0.15) is 25.0 Å². The van der Waals surface area contributed by atoms with Crippen LogP contribution in [-0.2, 0) is 6.54 Å². The van der Waals surface area contributed by atoms with E-state index in [9.17, 15) is 0 Å². The molecule has 1 fully saturated rings. The van der Waals surface area contributed by atoms with Gasteiger partial charge in [0.25, 0.3) is 0 Å². The molecule has 1 aliphatic rings. The van der Waals surface area contributed by atoms with Crippen LogP contribution in [0.3, 0.4) is 0 Å². The summed E-state index contributed by atoms with van der Waals surface area (Å²) in [5.41, 5.74) is 8.88. The van der Waals surface area contributed by atoms with Crippen LogP contribution in [0.5, 0.6) is 0 Å². The van der Waals surface area contributed by atoms with Gasteiger partial charge in [-0.15, -0.1) is 0 Å². The van der Waals surface area contributed by atoms with Crippen molar-refractivity contribution >= 4 is 16.6 Å². The normalized spacial score (nSPS) is 16.0. The van der Waals surface area contributed by atoms with Gasteiger partial charge in [-0.3, -0.25) is 4.98 Å². The zero-order valence-corrected chi connectivity index (χ0v) is 9.82. The second-order valence-corrected chi connectivity index (χ2v) is 4.73. The van der Waals surface area contributed by atoms with Crippen LogP contribution >= 0.6 is 0 Å². The quantitative estimate of drug-likeness (QED) is 0.846. The number of nitrogen functional groups attached to an aromatic ring is 1. The zero-order chi connectivity index (χ0) is 11.7. The van der Waals surface area contributed by atoms with E-state index in [1.807, 2.05) is 30.3 Å². The standard InChI is InChI=1S/C14H17N3/c15-13-8-11(9-16-10-4-3-5-10)17-14-7-2-1-6-12(13)14/h1-2,6-8,10,16H,3-5,9H2,(H2,15,17). The van der Waals surface area contributed by atoms with E-state index in [0.29, 0.717) is 6.04 Å². The molecule has 1 aromatic carbocycles. The van der Waals surface area contributed by atoms with Crippen LogP contribution in [0.15, 0.2) is 30.3 Å². The Morgan fingerprint density at radius 2 is 2.12 bits per heavy atom. The molecule has 17 heavy (non-hydrogen) atoms. The molecule has 0 amide bonds. The Bertz CT molecular complexity index is 532. The van der Waals surface area contributed by atoms with E-state index in [2.05, 4.69) is 10.3 Å². The third-order valence-electron chi connectivity index (χ3n) is 3.48. The average Bonchev–Trinajstić information content (AvgIpc) is 2.27. The van der Waals surface area contributed by atoms with Crippen LogP contribution in [0.4, 0.5) is 5.69 Å². The van der Waals surface area contributed by atoms with Crippen molar-refractivity contribution in [1.82, 2.24) is 10.3 Å². The molecule has 0 saturated heterocycles. The van der Waals surface area contributed by atoms with Crippen molar-refractivity contribution in [2.75, 3.05) is 5.73 Å². The fourth-order valence-corrected chi connectivity index (χ4v) is 2.21. The van der Waals surface area contributed by atoms with Gasteiger partial charge in [-0.05, 0) is 25.0 Å². The van der Waals surface area contributed by atoms with Crippen LogP contribution in [-0.4, -0.2) is 11.0 Å². The summed E-state index contributed by atoms with van der Waals surface area (Å²) >= 11 is 0. The molecule has 3 rings (SSSR count). The lowest BCUT2D eigenvalue weighted by Crippen LogP contribution is -2.34. The summed E-state index contributed by atoms with van der Waals surface area (Å²) in [6.07, 6.45) is 3.94. The number of fused-ring (bicyclic) bond motifs is 1. The Labute approximate surface area is 101 Å². The van der Waals surface area contributed by atoms with Gasteiger partial charge in [0.15, 0.2) is 0 Å². The van der Waals surface area contributed by atoms with E-state index in [-0.39, 0.29) is 0 Å². The number of nitrogens with zero attached hydrogens (tertiary/aromatic N) is 1. The summed E-state index contributed by atoms with van der Waals surface area (Å²) in [4.78, 5) is 4.62. The third-order valence-corrected chi connectivity index (χ3v) is 3.48. The molecular weight excluding hydrogens is 210 g/mol. The fraction of sp³-hybridized carbons (Fsp3) is 0.357. The first-order chi connectivity index (χ1) is 8.33. The fourth-order valence-electron chi connectivity index (χ4n) is 2.21. The van der Waals surface area contributed by atoms with E-state index < -0.39 is 0 Å². The lowest BCUT2D eigenvalue weighted by atomic mass is 9.93. The molecule has 0 atom stereocenters. The van der Waals surface area contributed by atoms with Crippen molar-refractivity contribution in [1.29, 1.82) is 0 Å². The number of rotatable bonds is 3. The number of anilines is 1. The Kier molecular flexibility index (Phi) is 2.69. The lowest BCUT2D eigenvalue weighted by molar-refractivity contribution is 0.337. The molecule has 0 unspecified atom stereocenters. The molecule has 0 spiro atoms. The third kappa shape index (κ3) is 2.11. The monoisotopic (exact) mass is 227 g/mol. The summed E-state index contributed by atoms with van der Waals surface area (Å²) < 4.78 is 0. The minimum atomic E-state index is 0.685. The Morgan fingerprint density at radius 1 is 1.29 bits per heavy atom. The van der Waals surface area contributed by atoms with Gasteiger partial charge < -0.3 is 11.1 Å². The van der Waals surface area contributed by atoms with Crippen LogP contribution in [0, 0.1) is 0 Å². The highest BCUT2D eigenvalue weighted by Gasteiger charge is 2.16. The largest absolute Gasteiger partial charge is 0.398 e. The number of nitrogens with two attached hydrogens (primary N) is 1. The highest BCUT2D eigenvalue weighted by atomic mass is 14.9. The van der Waals surface area contributed by atoms with Crippen molar-refractivity contribution in [3.63, 3.8) is 0 Å². The molecule has 2 aromatic rings. The molecule has 1 aliphatic carbocycles. The SMILES string of the molecule is Nc1cc(CNC2CCC2)nc2ccccc12. The highest BCUT2D eigenvalue weighted by molar-refractivity contribution is 5.90. The Morgan fingerprint density at radius 3 is 2.88 bits per heavy atom. The molecule has 3 N–H and O–H groups in total. The summed E-state index contributed by atoms with van der Waals surface area (Å²) in [6.45, 7) is 0.819. The highest BCUT2D eigenvalue weighted by Crippen LogP contribution is 2.21. The van der Waals surface area contributed by atoms with Gasteiger partial charge >= 0.3 is 0 Å². The number of pyridine rings is 1. The summed E-state index contributed by atoms with van der Waals surface area (Å²) in [7, 11) is 0. The molecule has 3 heteroatoms. The molecule has 0 bridgehead atoms. The van der Waals surface area contributed by atoms with Gasteiger partial charge in [-0.2, -0.15) is 0 Å². The van der Waals surface area contributed by atoms with Crippen molar-refractivity contribution in [3.05, 3.63) is 36.0 Å².